The van der Waals surface area contributed by atoms with Crippen molar-refractivity contribution in [1.82, 2.24) is 4.98 Å². The Hall–Kier alpha value is 0.244. The number of hydrogen-bond donors (Lipinski definition) is 0. The summed E-state index contributed by atoms with van der Waals surface area (Å²) in [5.74, 6) is 0. The van der Waals surface area contributed by atoms with Gasteiger partial charge in [0.1, 0.15) is 12.7 Å². The lowest BCUT2D eigenvalue weighted by Gasteiger charge is -2.44. The molecule has 0 amide bonds. The highest BCUT2D eigenvalue weighted by molar-refractivity contribution is 9.10. The molecular formula is C25H48BrNOSSi2. The Kier molecular flexibility index (Phi) is 12.5. The normalized spacial score (nSPS) is 14.5. The third kappa shape index (κ3) is 7.11. The number of thiazole rings is 1. The molecule has 0 aromatic carbocycles. The molecule has 1 aromatic rings. The Bertz CT molecular complexity index is 653. The zero-order valence-corrected chi connectivity index (χ0v) is 26.3. The molecule has 0 saturated heterocycles. The third-order valence-corrected chi connectivity index (χ3v) is 22.6. The minimum absolute atomic E-state index is 0.328. The Morgan fingerprint density at radius 3 is 1.87 bits per heavy atom. The average molecular weight is 547 g/mol. The molecule has 1 rings (SSSR count). The first-order valence-corrected chi connectivity index (χ1v) is 18.9. The number of nitrogens with zero attached hydrogens (tertiary/aromatic N) is 1. The second-order valence-electron chi connectivity index (χ2n) is 10.1. The topological polar surface area (TPSA) is 22.1 Å². The lowest BCUT2D eigenvalue weighted by molar-refractivity contribution is 0.183. The van der Waals surface area contributed by atoms with Crippen molar-refractivity contribution in [2.24, 2.45) is 0 Å². The monoisotopic (exact) mass is 545 g/mol. The molecule has 0 fully saturated rings. The van der Waals surface area contributed by atoms with Gasteiger partial charge in [0.2, 0.25) is 8.32 Å². The van der Waals surface area contributed by atoms with E-state index in [9.17, 15) is 0 Å². The second-order valence-corrected chi connectivity index (χ2v) is 22.9. The van der Waals surface area contributed by atoms with Crippen molar-refractivity contribution in [3.63, 3.8) is 0 Å². The first-order chi connectivity index (χ1) is 14.5. The average Bonchev–Trinajstić information content (AvgIpc) is 3.08. The van der Waals surface area contributed by atoms with Crippen molar-refractivity contribution in [3.8, 4) is 0 Å². The Morgan fingerprint density at radius 1 is 0.903 bits per heavy atom. The van der Waals surface area contributed by atoms with Gasteiger partial charge >= 0.3 is 0 Å². The lowest BCUT2D eigenvalue weighted by Crippen LogP contribution is -2.49. The van der Waals surface area contributed by atoms with E-state index in [2.05, 4.69) is 97.3 Å². The predicted molar refractivity (Wildman–Crippen MR) is 150 cm³/mol. The molecule has 1 heterocycles. The summed E-state index contributed by atoms with van der Waals surface area (Å²) in [7, 11) is -3.14. The fraction of sp³-hybridized carbons (Fsp3) is 0.800. The van der Waals surface area contributed by atoms with Crippen molar-refractivity contribution < 1.29 is 4.43 Å². The molecule has 1 atom stereocenters. The van der Waals surface area contributed by atoms with Crippen LogP contribution in [0.5, 0.6) is 0 Å². The summed E-state index contributed by atoms with van der Waals surface area (Å²) >= 11 is 5.73. The molecule has 0 bridgehead atoms. The summed E-state index contributed by atoms with van der Waals surface area (Å²) < 4.78 is 9.57. The zero-order valence-electron chi connectivity index (χ0n) is 21.8. The van der Waals surface area contributed by atoms with E-state index in [1.165, 1.54) is 23.1 Å². The van der Waals surface area contributed by atoms with Gasteiger partial charge in [-0.25, -0.2) is 4.98 Å². The van der Waals surface area contributed by atoms with Gasteiger partial charge in [-0.05, 0) is 52.3 Å². The van der Waals surface area contributed by atoms with Crippen molar-refractivity contribution in [1.29, 1.82) is 0 Å². The summed E-state index contributed by atoms with van der Waals surface area (Å²) in [5.41, 5.74) is 1.94. The lowest BCUT2D eigenvalue weighted by atomic mass is 10.2. The highest BCUT2D eigenvalue weighted by Crippen LogP contribution is 2.43. The third-order valence-electron chi connectivity index (χ3n) is 7.45. The van der Waals surface area contributed by atoms with Gasteiger partial charge < -0.3 is 4.43 Å². The van der Waals surface area contributed by atoms with Crippen molar-refractivity contribution in [2.45, 2.75) is 129 Å². The van der Waals surface area contributed by atoms with Gasteiger partial charge in [-0.3, -0.25) is 0 Å². The molecule has 0 aliphatic heterocycles. The highest BCUT2D eigenvalue weighted by atomic mass is 79.9. The number of rotatable bonds is 14. The van der Waals surface area contributed by atoms with Crippen molar-refractivity contribution >= 4 is 48.2 Å². The highest BCUT2D eigenvalue weighted by Gasteiger charge is 2.45. The van der Waals surface area contributed by atoms with Crippen LogP contribution in [0.4, 0.5) is 0 Å². The van der Waals surface area contributed by atoms with Crippen LogP contribution in [-0.2, 0) is 10.8 Å². The molecular weight excluding hydrogens is 498 g/mol. The van der Waals surface area contributed by atoms with Crippen LogP contribution in [0.1, 0.15) is 87.1 Å². The molecule has 1 aromatic heterocycles. The summed E-state index contributed by atoms with van der Waals surface area (Å²) in [5, 5.41) is 1.25. The van der Waals surface area contributed by atoms with E-state index in [1.807, 2.05) is 11.3 Å². The summed E-state index contributed by atoms with van der Waals surface area (Å²) in [6, 6.07) is 3.92. The maximum Gasteiger partial charge on any atom is 0.200 e. The van der Waals surface area contributed by atoms with E-state index >= 15 is 0 Å². The second kappa shape index (κ2) is 13.2. The number of hydrogen-bond acceptors (Lipinski definition) is 3. The van der Waals surface area contributed by atoms with Crippen molar-refractivity contribution in [2.75, 3.05) is 0 Å². The number of halogens is 1. The number of aromatic nitrogens is 1. The van der Waals surface area contributed by atoms with Crippen LogP contribution in [0, 0.1) is 0 Å². The molecule has 0 aliphatic rings. The molecule has 0 saturated carbocycles. The van der Waals surface area contributed by atoms with E-state index in [0.717, 1.165) is 23.9 Å². The fourth-order valence-electron chi connectivity index (χ4n) is 5.44. The van der Waals surface area contributed by atoms with E-state index in [-0.39, 0.29) is 0 Å². The van der Waals surface area contributed by atoms with Crippen LogP contribution in [0.3, 0.4) is 0 Å². The first-order valence-electron chi connectivity index (χ1n) is 12.5. The van der Waals surface area contributed by atoms with Crippen LogP contribution < -0.4 is 4.50 Å². The molecule has 6 heteroatoms. The maximum absolute atomic E-state index is 6.87. The molecule has 0 aliphatic carbocycles. The van der Waals surface area contributed by atoms with Gasteiger partial charge in [0, 0.05) is 17.0 Å². The van der Waals surface area contributed by atoms with Gasteiger partial charge in [0.15, 0.2) is 0 Å². The van der Waals surface area contributed by atoms with Crippen molar-refractivity contribution in [3.05, 3.63) is 21.8 Å². The predicted octanol–water partition coefficient (Wildman–Crippen LogP) is 9.08. The molecule has 180 valence electrons. The molecule has 0 unspecified atom stereocenters. The molecule has 0 spiro atoms. The first kappa shape index (κ1) is 29.3. The van der Waals surface area contributed by atoms with Gasteiger partial charge in [0.25, 0.3) is 0 Å². The van der Waals surface area contributed by atoms with E-state index in [1.54, 1.807) is 4.50 Å². The fourth-order valence-corrected chi connectivity index (χ4v) is 19.1. The molecule has 0 radical (unpaired) electrons. The van der Waals surface area contributed by atoms with Crippen LogP contribution in [-0.4, -0.2) is 27.5 Å². The van der Waals surface area contributed by atoms with E-state index < -0.39 is 16.4 Å². The van der Waals surface area contributed by atoms with E-state index in [4.69, 9.17) is 9.41 Å². The Balaban J connectivity index is 2.68. The maximum atomic E-state index is 6.87. The minimum atomic E-state index is -1.78. The van der Waals surface area contributed by atoms with Crippen LogP contribution in [0.15, 0.2) is 16.8 Å². The number of allylic oxidation sites excluding steroid dienone is 2. The summed E-state index contributed by atoms with van der Waals surface area (Å²) in [6.07, 6.45) is 8.10. The standard InChI is InChI=1S/C25H48BrNOSSi2/c1-11-30(12-2,13-3)25-24(26)27-23(29-25)18-16-14-15-17-22(10)28-31(19(4)5,20(6)7)21(8)9/h14,16,19-22H,11-13,15,17-18H2,1-10H3/b16-14+/t22-/m0/s1. The smallest absolute Gasteiger partial charge is 0.200 e. The molecule has 0 N–H and O–H groups in total. The largest absolute Gasteiger partial charge is 0.413 e. The van der Waals surface area contributed by atoms with Crippen LogP contribution >= 0.6 is 27.3 Å². The van der Waals surface area contributed by atoms with Gasteiger partial charge in [-0.15, -0.1) is 11.3 Å². The van der Waals surface area contributed by atoms with E-state index in [0.29, 0.717) is 22.7 Å². The minimum Gasteiger partial charge on any atom is -0.413 e. The summed E-state index contributed by atoms with van der Waals surface area (Å²) in [4.78, 5) is 4.86. The quantitative estimate of drug-likeness (QED) is 0.171. The molecule has 2 nitrogen and oxygen atoms in total. The van der Waals surface area contributed by atoms with Gasteiger partial charge in [-0.2, -0.15) is 0 Å². The Labute approximate surface area is 207 Å². The SMILES string of the molecule is CC[Si](CC)(CC)c1sc(C/C=C/CC[C@H](C)O[Si](C(C)C)(C(C)C)C(C)C)nc1Br. The van der Waals surface area contributed by atoms with Gasteiger partial charge in [0.05, 0.1) is 5.01 Å². The molecule has 31 heavy (non-hydrogen) atoms. The Morgan fingerprint density at radius 2 is 1.42 bits per heavy atom. The van der Waals surface area contributed by atoms with Gasteiger partial charge in [-0.1, -0.05) is 92.6 Å². The van der Waals surface area contributed by atoms with Crippen LogP contribution in [0.2, 0.25) is 34.8 Å². The summed E-state index contributed by atoms with van der Waals surface area (Å²) in [6.45, 7) is 23.6. The van der Waals surface area contributed by atoms with Crippen LogP contribution in [0.25, 0.3) is 0 Å². The zero-order chi connectivity index (χ0) is 23.8.